The van der Waals surface area contributed by atoms with Gasteiger partial charge in [0.2, 0.25) is 0 Å². The summed E-state index contributed by atoms with van der Waals surface area (Å²) in [6.07, 6.45) is -1.47. The number of rotatable bonds is 3. The minimum Gasteiger partial charge on any atom is -0.475 e. The molecule has 0 bridgehead atoms. The maximum atomic E-state index is 12.3. The number of nitrogens with zero attached hydrogens (tertiary/aromatic N) is 3. The second-order valence-electron chi connectivity index (χ2n) is 6.82. The molecule has 29 heavy (non-hydrogen) atoms. The van der Waals surface area contributed by atoms with Crippen molar-refractivity contribution in [2.45, 2.75) is 43.9 Å². The van der Waals surface area contributed by atoms with Crippen molar-refractivity contribution in [3.63, 3.8) is 0 Å². The summed E-state index contributed by atoms with van der Waals surface area (Å²) in [4.78, 5) is 29.0. The fraction of sp³-hybridized carbons (Fsp3) is 0.611. The second-order valence-corrected chi connectivity index (χ2v) is 6.82. The number of carbonyl (C=O) groups excluding carboxylic acids is 1. The van der Waals surface area contributed by atoms with Crippen LogP contribution in [0, 0.1) is 0 Å². The fourth-order valence-electron chi connectivity index (χ4n) is 3.26. The third-order valence-corrected chi connectivity index (χ3v) is 4.58. The second kappa shape index (κ2) is 9.88. The lowest BCUT2D eigenvalue weighted by molar-refractivity contribution is -0.192. The van der Waals surface area contributed by atoms with Gasteiger partial charge in [-0.05, 0) is 25.0 Å². The number of ether oxygens (including phenoxy) is 2. The van der Waals surface area contributed by atoms with Crippen LogP contribution >= 0.6 is 0 Å². The summed E-state index contributed by atoms with van der Waals surface area (Å²) >= 11 is 0. The Kier molecular flexibility index (Phi) is 7.80. The van der Waals surface area contributed by atoms with Crippen LogP contribution in [0.4, 0.5) is 18.0 Å². The van der Waals surface area contributed by atoms with E-state index in [2.05, 4.69) is 4.98 Å². The minimum absolute atomic E-state index is 0.0265. The van der Waals surface area contributed by atoms with Crippen molar-refractivity contribution in [1.29, 1.82) is 0 Å². The smallest absolute Gasteiger partial charge is 0.475 e. The van der Waals surface area contributed by atoms with Crippen LogP contribution < -0.4 is 0 Å². The first-order chi connectivity index (χ1) is 13.6. The van der Waals surface area contributed by atoms with Crippen LogP contribution in [0.5, 0.6) is 0 Å². The molecule has 0 unspecified atom stereocenters. The van der Waals surface area contributed by atoms with E-state index < -0.39 is 12.1 Å². The number of aliphatic carboxylic acids is 1. The summed E-state index contributed by atoms with van der Waals surface area (Å²) in [6, 6.07) is 5.98. The standard InChI is InChI=1S/C16H23N3O3.C2HF3O2/c1-18(2)16(20)19-9-10-21-15-13(19)6-7-14(15)22-11-12-5-3-4-8-17-12;3-2(4,5)1(6)7/h3-5,8,13-15H,6-7,9-11H2,1-2H3;(H,6,7)/t13-,14+,15+;/m0./s1. The van der Waals surface area contributed by atoms with Crippen molar-refractivity contribution in [1.82, 2.24) is 14.8 Å². The quantitative estimate of drug-likeness (QED) is 0.807. The van der Waals surface area contributed by atoms with Gasteiger partial charge in [0, 0.05) is 26.8 Å². The minimum atomic E-state index is -5.08. The monoisotopic (exact) mass is 419 g/mol. The van der Waals surface area contributed by atoms with E-state index in [-0.39, 0.29) is 24.3 Å². The molecule has 162 valence electrons. The van der Waals surface area contributed by atoms with Crippen LogP contribution in [-0.4, -0.2) is 83.6 Å². The third kappa shape index (κ3) is 6.29. The molecule has 1 aromatic rings. The Hall–Kier alpha value is -2.40. The molecule has 2 heterocycles. The Morgan fingerprint density at radius 1 is 1.34 bits per heavy atom. The molecule has 2 amide bonds. The summed E-state index contributed by atoms with van der Waals surface area (Å²) < 4.78 is 43.6. The van der Waals surface area contributed by atoms with E-state index in [0.29, 0.717) is 19.8 Å². The molecule has 0 radical (unpaired) electrons. The van der Waals surface area contributed by atoms with Crippen LogP contribution in [0.15, 0.2) is 24.4 Å². The first kappa shape index (κ1) is 22.9. The lowest BCUT2D eigenvalue weighted by Crippen LogP contribution is -2.56. The number of morpholine rings is 1. The summed E-state index contributed by atoms with van der Waals surface area (Å²) in [7, 11) is 3.58. The Labute approximate surface area is 166 Å². The van der Waals surface area contributed by atoms with E-state index in [4.69, 9.17) is 19.4 Å². The molecule has 8 nitrogen and oxygen atoms in total. The molecule has 1 saturated carbocycles. The van der Waals surface area contributed by atoms with E-state index in [1.54, 1.807) is 25.2 Å². The molecule has 1 N–H and O–H groups in total. The number of carboxylic acid groups (broad SMARTS) is 1. The van der Waals surface area contributed by atoms with Crippen molar-refractivity contribution in [3.05, 3.63) is 30.1 Å². The zero-order valence-corrected chi connectivity index (χ0v) is 16.1. The van der Waals surface area contributed by atoms with E-state index >= 15 is 0 Å². The largest absolute Gasteiger partial charge is 0.490 e. The van der Waals surface area contributed by atoms with Gasteiger partial charge in [0.1, 0.15) is 6.10 Å². The van der Waals surface area contributed by atoms with Gasteiger partial charge < -0.3 is 24.4 Å². The van der Waals surface area contributed by atoms with Gasteiger partial charge in [0.25, 0.3) is 0 Å². The van der Waals surface area contributed by atoms with Crippen molar-refractivity contribution in [2.24, 2.45) is 0 Å². The van der Waals surface area contributed by atoms with Gasteiger partial charge in [0.15, 0.2) is 0 Å². The number of hydrogen-bond acceptors (Lipinski definition) is 5. The lowest BCUT2D eigenvalue weighted by atomic mass is 10.1. The van der Waals surface area contributed by atoms with E-state index in [1.165, 1.54) is 0 Å². The number of carbonyl (C=O) groups is 2. The van der Waals surface area contributed by atoms with Crippen LogP contribution in [-0.2, 0) is 20.9 Å². The summed E-state index contributed by atoms with van der Waals surface area (Å²) in [6.45, 7) is 1.72. The predicted octanol–water partition coefficient (Wildman–Crippen LogP) is 2.14. The molecule has 3 atom stereocenters. The zero-order valence-electron chi connectivity index (χ0n) is 16.1. The van der Waals surface area contributed by atoms with Gasteiger partial charge in [-0.15, -0.1) is 0 Å². The summed E-state index contributed by atoms with van der Waals surface area (Å²) in [5.41, 5.74) is 0.919. The van der Waals surface area contributed by atoms with E-state index in [9.17, 15) is 18.0 Å². The molecule has 0 spiro atoms. The number of hydrogen-bond donors (Lipinski definition) is 1. The van der Waals surface area contributed by atoms with Gasteiger partial charge >= 0.3 is 18.2 Å². The van der Waals surface area contributed by atoms with Gasteiger partial charge in [0.05, 0.1) is 31.1 Å². The molecule has 0 aromatic carbocycles. The molecule has 1 saturated heterocycles. The number of fused-ring (bicyclic) bond motifs is 1. The molecule has 11 heteroatoms. The van der Waals surface area contributed by atoms with Crippen LogP contribution in [0.3, 0.4) is 0 Å². The SMILES string of the molecule is CN(C)C(=O)N1CCO[C@H]2[C@H](OCc3ccccn3)CC[C@@H]21.O=C(O)C(F)(F)F. The zero-order chi connectivity index (χ0) is 21.6. The highest BCUT2D eigenvalue weighted by molar-refractivity contribution is 5.74. The van der Waals surface area contributed by atoms with Gasteiger partial charge in [-0.3, -0.25) is 4.98 Å². The topological polar surface area (TPSA) is 92.2 Å². The average Bonchev–Trinajstić information content (AvgIpc) is 3.09. The molecule has 2 fully saturated rings. The van der Waals surface area contributed by atoms with Crippen LogP contribution in [0.1, 0.15) is 18.5 Å². The van der Waals surface area contributed by atoms with Crippen LogP contribution in [0.2, 0.25) is 0 Å². The number of carboxylic acids is 1. The number of urea groups is 1. The number of alkyl halides is 3. The Morgan fingerprint density at radius 2 is 2.03 bits per heavy atom. The number of amides is 2. The highest BCUT2D eigenvalue weighted by atomic mass is 19.4. The molecule has 1 aromatic heterocycles. The van der Waals surface area contributed by atoms with Crippen molar-refractivity contribution < 1.29 is 37.3 Å². The van der Waals surface area contributed by atoms with Gasteiger partial charge in [-0.2, -0.15) is 13.2 Å². The van der Waals surface area contributed by atoms with Crippen molar-refractivity contribution >= 4 is 12.0 Å². The average molecular weight is 419 g/mol. The molecule has 2 aliphatic rings. The number of pyridine rings is 1. The Bertz CT molecular complexity index is 687. The predicted molar refractivity (Wildman–Crippen MR) is 95.1 cm³/mol. The van der Waals surface area contributed by atoms with Gasteiger partial charge in [-0.1, -0.05) is 6.07 Å². The lowest BCUT2D eigenvalue weighted by Gasteiger charge is -2.40. The summed E-state index contributed by atoms with van der Waals surface area (Å²) in [5.74, 6) is -2.76. The van der Waals surface area contributed by atoms with E-state index in [0.717, 1.165) is 18.5 Å². The fourth-order valence-corrected chi connectivity index (χ4v) is 3.26. The van der Waals surface area contributed by atoms with Crippen molar-refractivity contribution in [2.75, 3.05) is 27.2 Å². The third-order valence-electron chi connectivity index (χ3n) is 4.58. The highest BCUT2D eigenvalue weighted by Crippen LogP contribution is 2.33. The number of halogens is 3. The molecular formula is C18H24F3N3O5. The first-order valence-corrected chi connectivity index (χ1v) is 9.02. The normalized spacial score (nSPS) is 23.6. The summed E-state index contributed by atoms with van der Waals surface area (Å²) in [5, 5.41) is 7.12. The Morgan fingerprint density at radius 3 is 2.59 bits per heavy atom. The van der Waals surface area contributed by atoms with Crippen molar-refractivity contribution in [3.8, 4) is 0 Å². The molecule has 3 rings (SSSR count). The maximum Gasteiger partial charge on any atom is 0.490 e. The highest BCUT2D eigenvalue weighted by Gasteiger charge is 2.45. The van der Waals surface area contributed by atoms with Crippen LogP contribution in [0.25, 0.3) is 0 Å². The first-order valence-electron chi connectivity index (χ1n) is 9.02. The maximum absolute atomic E-state index is 12.3. The van der Waals surface area contributed by atoms with Gasteiger partial charge in [-0.25, -0.2) is 9.59 Å². The van der Waals surface area contributed by atoms with E-state index in [1.807, 2.05) is 23.1 Å². The molecule has 1 aliphatic carbocycles. The number of aromatic nitrogens is 1. The molecule has 1 aliphatic heterocycles. The Balaban J connectivity index is 0.000000370. The molecular weight excluding hydrogens is 395 g/mol.